The molecule has 0 aromatic heterocycles. The van der Waals surface area contributed by atoms with Gasteiger partial charge in [0.1, 0.15) is 0 Å². The number of unbranched alkanes of at least 4 members (excludes halogenated alkanes) is 1. The zero-order valence-electron chi connectivity index (χ0n) is 15.2. The summed E-state index contributed by atoms with van der Waals surface area (Å²) in [4.78, 5) is 4.59. The molecule has 0 bridgehead atoms. The molecule has 5 nitrogen and oxygen atoms in total. The summed E-state index contributed by atoms with van der Waals surface area (Å²) < 4.78 is 11.3. The fourth-order valence-corrected chi connectivity index (χ4v) is 2.80. The summed E-state index contributed by atoms with van der Waals surface area (Å²) in [5.41, 5.74) is 0. The Labute approximate surface area is 142 Å². The number of guanidine groups is 1. The predicted molar refractivity (Wildman–Crippen MR) is 97.2 cm³/mol. The Kier molecular flexibility index (Phi) is 13.0. The van der Waals surface area contributed by atoms with E-state index in [0.717, 1.165) is 58.3 Å². The van der Waals surface area contributed by atoms with Crippen molar-refractivity contribution >= 4 is 5.96 Å². The van der Waals surface area contributed by atoms with E-state index in [-0.39, 0.29) is 0 Å². The van der Waals surface area contributed by atoms with Gasteiger partial charge in [-0.25, -0.2) is 0 Å². The number of hydrogen-bond acceptors (Lipinski definition) is 3. The summed E-state index contributed by atoms with van der Waals surface area (Å²) in [7, 11) is 0. The third kappa shape index (κ3) is 11.4. The largest absolute Gasteiger partial charge is 0.382 e. The quantitative estimate of drug-likeness (QED) is 0.265. The number of hydrogen-bond donors (Lipinski definition) is 2. The Morgan fingerprint density at radius 1 is 1.00 bits per heavy atom. The summed E-state index contributed by atoms with van der Waals surface area (Å²) in [5.74, 6) is 0.897. The molecule has 0 heterocycles. The normalized spacial score (nSPS) is 17.0. The molecule has 1 saturated carbocycles. The molecule has 23 heavy (non-hydrogen) atoms. The van der Waals surface area contributed by atoms with Crippen molar-refractivity contribution < 1.29 is 9.47 Å². The van der Waals surface area contributed by atoms with Crippen LogP contribution in [-0.4, -0.2) is 51.5 Å². The molecule has 1 rings (SSSR count). The second-order valence-corrected chi connectivity index (χ2v) is 6.08. The van der Waals surface area contributed by atoms with E-state index in [9.17, 15) is 0 Å². The molecule has 0 spiro atoms. The van der Waals surface area contributed by atoms with Gasteiger partial charge in [0.05, 0.1) is 12.7 Å². The zero-order chi connectivity index (χ0) is 16.6. The minimum absolute atomic E-state index is 0.470. The smallest absolute Gasteiger partial charge is 0.191 e. The minimum Gasteiger partial charge on any atom is -0.382 e. The van der Waals surface area contributed by atoms with Crippen LogP contribution in [0, 0.1) is 0 Å². The average Bonchev–Trinajstić information content (AvgIpc) is 2.83. The predicted octanol–water partition coefficient (Wildman–Crippen LogP) is 3.10. The molecule has 1 aliphatic carbocycles. The van der Waals surface area contributed by atoms with Crippen molar-refractivity contribution in [2.75, 3.05) is 39.5 Å². The lowest BCUT2D eigenvalue weighted by Gasteiger charge is -2.16. The Morgan fingerprint density at radius 2 is 1.78 bits per heavy atom. The Hall–Kier alpha value is -0.810. The van der Waals surface area contributed by atoms with Crippen LogP contribution in [0.15, 0.2) is 4.99 Å². The van der Waals surface area contributed by atoms with Crippen LogP contribution in [0.5, 0.6) is 0 Å². The molecule has 5 heteroatoms. The summed E-state index contributed by atoms with van der Waals surface area (Å²) >= 11 is 0. The number of ether oxygens (including phenoxy) is 2. The lowest BCUT2D eigenvalue weighted by Crippen LogP contribution is -2.39. The molecule has 0 atom stereocenters. The van der Waals surface area contributed by atoms with Gasteiger partial charge >= 0.3 is 0 Å². The van der Waals surface area contributed by atoms with E-state index in [4.69, 9.17) is 9.47 Å². The van der Waals surface area contributed by atoms with Crippen molar-refractivity contribution in [2.24, 2.45) is 4.99 Å². The van der Waals surface area contributed by atoms with Crippen LogP contribution >= 0.6 is 0 Å². The Bertz CT molecular complexity index is 290. The lowest BCUT2D eigenvalue weighted by atomic mass is 10.1. The van der Waals surface area contributed by atoms with E-state index in [1.165, 1.54) is 38.5 Å². The summed E-state index contributed by atoms with van der Waals surface area (Å²) in [6.45, 7) is 9.07. The first-order valence-corrected chi connectivity index (χ1v) is 9.58. The maximum absolute atomic E-state index is 6.00. The molecule has 1 fully saturated rings. The molecule has 0 radical (unpaired) electrons. The highest BCUT2D eigenvalue weighted by Crippen LogP contribution is 2.19. The van der Waals surface area contributed by atoms with Crippen LogP contribution in [0.4, 0.5) is 0 Å². The molecule has 0 saturated heterocycles. The van der Waals surface area contributed by atoms with E-state index in [1.54, 1.807) is 0 Å². The highest BCUT2D eigenvalue weighted by atomic mass is 16.5. The summed E-state index contributed by atoms with van der Waals surface area (Å²) in [6, 6.07) is 0. The summed E-state index contributed by atoms with van der Waals surface area (Å²) in [6.07, 6.45) is 10.5. The van der Waals surface area contributed by atoms with E-state index in [2.05, 4.69) is 22.5 Å². The SMILES string of the molecule is CCNC(=NCCCCOCC)NCCOC1CCCCCC1. The Balaban J connectivity index is 2.11. The maximum Gasteiger partial charge on any atom is 0.191 e. The molecule has 0 aliphatic heterocycles. The molecular weight excluding hydrogens is 290 g/mol. The number of nitrogens with zero attached hydrogens (tertiary/aromatic N) is 1. The van der Waals surface area contributed by atoms with Crippen molar-refractivity contribution in [3.8, 4) is 0 Å². The molecule has 0 aromatic rings. The third-order valence-corrected chi connectivity index (χ3v) is 4.07. The van der Waals surface area contributed by atoms with Crippen LogP contribution in [-0.2, 0) is 9.47 Å². The first-order valence-electron chi connectivity index (χ1n) is 9.58. The van der Waals surface area contributed by atoms with Gasteiger partial charge in [0.15, 0.2) is 5.96 Å². The second kappa shape index (κ2) is 14.8. The van der Waals surface area contributed by atoms with Gasteiger partial charge in [-0.15, -0.1) is 0 Å². The topological polar surface area (TPSA) is 54.9 Å². The molecular formula is C18H37N3O2. The average molecular weight is 328 g/mol. The third-order valence-electron chi connectivity index (χ3n) is 4.07. The van der Waals surface area contributed by atoms with Crippen LogP contribution in [0.1, 0.15) is 65.2 Å². The van der Waals surface area contributed by atoms with Gasteiger partial charge in [-0.2, -0.15) is 0 Å². The van der Waals surface area contributed by atoms with Crippen molar-refractivity contribution in [2.45, 2.75) is 71.3 Å². The van der Waals surface area contributed by atoms with E-state index in [1.807, 2.05) is 6.92 Å². The minimum atomic E-state index is 0.470. The Morgan fingerprint density at radius 3 is 2.48 bits per heavy atom. The highest BCUT2D eigenvalue weighted by Gasteiger charge is 2.11. The monoisotopic (exact) mass is 327 g/mol. The molecule has 136 valence electrons. The van der Waals surface area contributed by atoms with Gasteiger partial charge in [-0.3, -0.25) is 4.99 Å². The first-order chi connectivity index (χ1) is 11.4. The fourth-order valence-electron chi connectivity index (χ4n) is 2.80. The van der Waals surface area contributed by atoms with E-state index >= 15 is 0 Å². The van der Waals surface area contributed by atoms with Gasteiger partial charge in [-0.05, 0) is 39.5 Å². The summed E-state index contributed by atoms with van der Waals surface area (Å²) in [5, 5.41) is 6.65. The molecule has 2 N–H and O–H groups in total. The highest BCUT2D eigenvalue weighted by molar-refractivity contribution is 5.79. The number of nitrogens with one attached hydrogen (secondary N) is 2. The molecule has 0 amide bonds. The second-order valence-electron chi connectivity index (χ2n) is 6.08. The molecule has 1 aliphatic rings. The van der Waals surface area contributed by atoms with Crippen molar-refractivity contribution in [1.29, 1.82) is 0 Å². The van der Waals surface area contributed by atoms with Crippen molar-refractivity contribution in [1.82, 2.24) is 10.6 Å². The van der Waals surface area contributed by atoms with Gasteiger partial charge in [0.2, 0.25) is 0 Å². The lowest BCUT2D eigenvalue weighted by molar-refractivity contribution is 0.0468. The first kappa shape index (κ1) is 20.2. The number of rotatable bonds is 11. The van der Waals surface area contributed by atoms with Crippen LogP contribution in [0.3, 0.4) is 0 Å². The van der Waals surface area contributed by atoms with Gasteiger partial charge in [0.25, 0.3) is 0 Å². The zero-order valence-corrected chi connectivity index (χ0v) is 15.2. The van der Waals surface area contributed by atoms with Gasteiger partial charge in [-0.1, -0.05) is 25.7 Å². The number of aliphatic imine (C=N–C) groups is 1. The van der Waals surface area contributed by atoms with Crippen LogP contribution in [0.2, 0.25) is 0 Å². The van der Waals surface area contributed by atoms with E-state index < -0.39 is 0 Å². The van der Waals surface area contributed by atoms with Crippen molar-refractivity contribution in [3.63, 3.8) is 0 Å². The molecule has 0 unspecified atom stereocenters. The standard InChI is InChI=1S/C18H37N3O2/c1-3-19-18(20-13-9-10-15-22-4-2)21-14-16-23-17-11-7-5-6-8-12-17/h17H,3-16H2,1-2H3,(H2,19,20,21). The van der Waals surface area contributed by atoms with Crippen LogP contribution in [0.25, 0.3) is 0 Å². The fraction of sp³-hybridized carbons (Fsp3) is 0.944. The van der Waals surface area contributed by atoms with E-state index in [0.29, 0.717) is 6.10 Å². The van der Waals surface area contributed by atoms with Crippen molar-refractivity contribution in [3.05, 3.63) is 0 Å². The van der Waals surface area contributed by atoms with Gasteiger partial charge in [0, 0.05) is 32.8 Å². The maximum atomic E-state index is 6.00. The van der Waals surface area contributed by atoms with Gasteiger partial charge < -0.3 is 20.1 Å². The van der Waals surface area contributed by atoms with Crippen LogP contribution < -0.4 is 10.6 Å². The molecule has 0 aromatic carbocycles.